The normalized spacial score (nSPS) is 10.1. The van der Waals surface area contributed by atoms with Gasteiger partial charge in [-0.05, 0) is 29.3 Å². The molecule has 104 valence electrons. The summed E-state index contributed by atoms with van der Waals surface area (Å²) >= 11 is 6.02. The van der Waals surface area contributed by atoms with E-state index >= 15 is 0 Å². The van der Waals surface area contributed by atoms with Crippen molar-refractivity contribution in [3.05, 3.63) is 64.7 Å². The molecule has 0 saturated carbocycles. The first-order valence-corrected chi connectivity index (χ1v) is 6.51. The predicted octanol–water partition coefficient (Wildman–Crippen LogP) is 2.30. The largest absolute Gasteiger partial charge is 0.483 e. The van der Waals surface area contributed by atoms with Crippen LogP contribution in [0.4, 0.5) is 0 Å². The number of hydrogen-bond donors (Lipinski definition) is 2. The molecule has 3 N–H and O–H groups in total. The summed E-state index contributed by atoms with van der Waals surface area (Å²) in [5, 5.41) is 0.631. The van der Waals surface area contributed by atoms with Crippen molar-refractivity contribution >= 4 is 17.5 Å². The first-order chi connectivity index (χ1) is 9.69. The molecule has 0 spiro atoms. The van der Waals surface area contributed by atoms with E-state index in [0.717, 1.165) is 11.1 Å². The van der Waals surface area contributed by atoms with Crippen LogP contribution >= 0.6 is 11.6 Å². The highest BCUT2D eigenvalue weighted by Gasteiger charge is 2.08. The molecule has 5 heteroatoms. The van der Waals surface area contributed by atoms with Gasteiger partial charge in [0.15, 0.2) is 6.61 Å². The predicted molar refractivity (Wildman–Crippen MR) is 78.5 cm³/mol. The molecule has 1 amide bonds. The van der Waals surface area contributed by atoms with Crippen LogP contribution in [-0.4, -0.2) is 12.5 Å². The Kier molecular flexibility index (Phi) is 4.98. The van der Waals surface area contributed by atoms with E-state index in [-0.39, 0.29) is 12.5 Å². The molecule has 0 aliphatic carbocycles. The van der Waals surface area contributed by atoms with Gasteiger partial charge in [-0.15, -0.1) is 0 Å². The SMILES string of the molecule is NNC(=O)COc1ccc(Cl)cc1Cc1ccccc1. The summed E-state index contributed by atoms with van der Waals surface area (Å²) in [4.78, 5) is 11.1. The number of carbonyl (C=O) groups excluding carboxylic acids is 1. The third-order valence-electron chi connectivity index (χ3n) is 2.78. The Balaban J connectivity index is 2.17. The summed E-state index contributed by atoms with van der Waals surface area (Å²) in [6, 6.07) is 15.3. The molecular weight excluding hydrogens is 276 g/mol. The van der Waals surface area contributed by atoms with E-state index in [0.29, 0.717) is 17.2 Å². The van der Waals surface area contributed by atoms with Crippen LogP contribution in [0.1, 0.15) is 11.1 Å². The lowest BCUT2D eigenvalue weighted by Gasteiger charge is -2.11. The van der Waals surface area contributed by atoms with Crippen LogP contribution in [0.15, 0.2) is 48.5 Å². The molecule has 4 nitrogen and oxygen atoms in total. The fourth-order valence-corrected chi connectivity index (χ4v) is 2.02. The van der Waals surface area contributed by atoms with Gasteiger partial charge in [0.25, 0.3) is 5.91 Å². The number of hydrazine groups is 1. The molecule has 2 rings (SSSR count). The maximum absolute atomic E-state index is 11.1. The van der Waals surface area contributed by atoms with Crippen molar-refractivity contribution in [2.75, 3.05) is 6.61 Å². The summed E-state index contributed by atoms with van der Waals surface area (Å²) in [5.74, 6) is 5.26. The monoisotopic (exact) mass is 290 g/mol. The van der Waals surface area contributed by atoms with Crippen molar-refractivity contribution in [1.82, 2.24) is 5.43 Å². The Morgan fingerprint density at radius 3 is 2.65 bits per heavy atom. The summed E-state index contributed by atoms with van der Waals surface area (Å²) in [6.45, 7) is -0.125. The lowest BCUT2D eigenvalue weighted by molar-refractivity contribution is -0.123. The minimum Gasteiger partial charge on any atom is -0.483 e. The third kappa shape index (κ3) is 3.98. The van der Waals surface area contributed by atoms with Gasteiger partial charge in [0, 0.05) is 11.4 Å². The molecule has 0 radical (unpaired) electrons. The Labute approximate surface area is 122 Å². The molecule has 0 aliphatic rings. The molecule has 0 atom stereocenters. The molecule has 2 aromatic rings. The zero-order valence-electron chi connectivity index (χ0n) is 10.8. The van der Waals surface area contributed by atoms with E-state index in [1.54, 1.807) is 12.1 Å². The van der Waals surface area contributed by atoms with Gasteiger partial charge >= 0.3 is 0 Å². The maximum Gasteiger partial charge on any atom is 0.271 e. The van der Waals surface area contributed by atoms with E-state index in [9.17, 15) is 4.79 Å². The molecular formula is C15H15ClN2O2. The first-order valence-electron chi connectivity index (χ1n) is 6.13. The highest BCUT2D eigenvalue weighted by atomic mass is 35.5. The Hall–Kier alpha value is -2.04. The summed E-state index contributed by atoms with van der Waals surface area (Å²) in [5.41, 5.74) is 4.09. The van der Waals surface area contributed by atoms with Gasteiger partial charge in [0.1, 0.15) is 5.75 Å². The van der Waals surface area contributed by atoms with Crippen molar-refractivity contribution in [3.8, 4) is 5.75 Å². The zero-order chi connectivity index (χ0) is 14.4. The number of ether oxygens (including phenoxy) is 1. The molecule has 0 aromatic heterocycles. The fraction of sp³-hybridized carbons (Fsp3) is 0.133. The second-order valence-corrected chi connectivity index (χ2v) is 4.71. The quantitative estimate of drug-likeness (QED) is 0.504. The fourth-order valence-electron chi connectivity index (χ4n) is 1.83. The number of rotatable bonds is 5. The number of benzene rings is 2. The second-order valence-electron chi connectivity index (χ2n) is 4.27. The minimum absolute atomic E-state index is 0.125. The van der Waals surface area contributed by atoms with Crippen molar-refractivity contribution in [1.29, 1.82) is 0 Å². The highest BCUT2D eigenvalue weighted by Crippen LogP contribution is 2.25. The van der Waals surface area contributed by atoms with E-state index in [4.69, 9.17) is 22.2 Å². The van der Waals surface area contributed by atoms with E-state index in [2.05, 4.69) is 0 Å². The number of carbonyl (C=O) groups is 1. The Bertz CT molecular complexity index is 588. The molecule has 0 bridgehead atoms. The van der Waals surface area contributed by atoms with Crippen molar-refractivity contribution < 1.29 is 9.53 Å². The number of nitrogens with one attached hydrogen (secondary N) is 1. The zero-order valence-corrected chi connectivity index (χ0v) is 11.6. The summed E-state index contributed by atoms with van der Waals surface area (Å²) < 4.78 is 5.47. The number of nitrogens with two attached hydrogens (primary N) is 1. The van der Waals surface area contributed by atoms with Gasteiger partial charge in [-0.2, -0.15) is 0 Å². The molecule has 0 saturated heterocycles. The molecule has 0 unspecified atom stereocenters. The van der Waals surface area contributed by atoms with Gasteiger partial charge in [-0.25, -0.2) is 5.84 Å². The van der Waals surface area contributed by atoms with Crippen LogP contribution in [0.3, 0.4) is 0 Å². The molecule has 0 heterocycles. The summed E-state index contributed by atoms with van der Waals surface area (Å²) in [7, 11) is 0. The highest BCUT2D eigenvalue weighted by molar-refractivity contribution is 6.30. The topological polar surface area (TPSA) is 64.3 Å². The Morgan fingerprint density at radius 1 is 1.20 bits per heavy atom. The minimum atomic E-state index is -0.384. The third-order valence-corrected chi connectivity index (χ3v) is 3.01. The maximum atomic E-state index is 11.1. The Morgan fingerprint density at radius 2 is 1.95 bits per heavy atom. The molecule has 0 aliphatic heterocycles. The average molecular weight is 291 g/mol. The van der Waals surface area contributed by atoms with Crippen molar-refractivity contribution in [2.45, 2.75) is 6.42 Å². The number of amides is 1. The van der Waals surface area contributed by atoms with Gasteiger partial charge in [-0.1, -0.05) is 41.9 Å². The van der Waals surface area contributed by atoms with Crippen molar-refractivity contribution in [2.24, 2.45) is 5.84 Å². The molecule has 20 heavy (non-hydrogen) atoms. The smallest absolute Gasteiger partial charge is 0.271 e. The van der Waals surface area contributed by atoms with Gasteiger partial charge in [0.05, 0.1) is 0 Å². The standard InChI is InChI=1S/C15H15ClN2O2/c16-13-6-7-14(20-10-15(19)18-17)12(9-13)8-11-4-2-1-3-5-11/h1-7,9H,8,10,17H2,(H,18,19). The van der Waals surface area contributed by atoms with E-state index in [1.807, 2.05) is 41.8 Å². The number of halogens is 1. The van der Waals surface area contributed by atoms with Gasteiger partial charge in [-0.3, -0.25) is 10.2 Å². The average Bonchev–Trinajstić information content (AvgIpc) is 2.47. The van der Waals surface area contributed by atoms with E-state index < -0.39 is 0 Å². The second kappa shape index (κ2) is 6.93. The van der Waals surface area contributed by atoms with Crippen LogP contribution in [0, 0.1) is 0 Å². The van der Waals surface area contributed by atoms with Crippen molar-refractivity contribution in [3.63, 3.8) is 0 Å². The molecule has 2 aromatic carbocycles. The molecule has 0 fully saturated rings. The lowest BCUT2D eigenvalue weighted by atomic mass is 10.0. The first kappa shape index (κ1) is 14.4. The van der Waals surface area contributed by atoms with Gasteiger partial charge in [0.2, 0.25) is 0 Å². The van der Waals surface area contributed by atoms with Crippen LogP contribution in [0.2, 0.25) is 5.02 Å². The van der Waals surface area contributed by atoms with Gasteiger partial charge < -0.3 is 4.74 Å². The van der Waals surface area contributed by atoms with Crippen LogP contribution in [0.5, 0.6) is 5.75 Å². The van der Waals surface area contributed by atoms with Crippen LogP contribution in [-0.2, 0) is 11.2 Å². The summed E-state index contributed by atoms with van der Waals surface area (Å²) in [6.07, 6.45) is 0.682. The van der Waals surface area contributed by atoms with E-state index in [1.165, 1.54) is 0 Å². The van der Waals surface area contributed by atoms with Crippen LogP contribution < -0.4 is 16.0 Å². The van der Waals surface area contributed by atoms with Crippen LogP contribution in [0.25, 0.3) is 0 Å². The lowest BCUT2D eigenvalue weighted by Crippen LogP contribution is -2.34. The number of hydrogen-bond acceptors (Lipinski definition) is 3.